The minimum absolute atomic E-state index is 0.131. The number of hydrogen-bond donors (Lipinski definition) is 0. The standard InChI is InChI=1S/C87H77N7O/c1-84(2,3)58-38-42-72-63(46-58)64-47-59(85(4,5)6)39-43-73(64)93(72)77-50-67-76(53-78(77)94-74-44-40-60(86(7,8)9)48-65(74)66-49-61(87(10,11)12)41-45-75(66)94)92(62-36-26-17-27-37-62)83(95)80(71-52-69(55-30-20-14-21-31-55)89-82(91-71)57-34-24-16-25-35-57)79(67)70-51-68(54-28-18-13-19-29-54)88-81(90-70)56-32-22-15-23-33-56/h13-53H,1-12H3. The van der Waals surface area contributed by atoms with E-state index >= 15 is 4.79 Å². The molecule has 0 atom stereocenters. The Hall–Kier alpha value is -10.8. The van der Waals surface area contributed by atoms with Gasteiger partial charge in [0.1, 0.15) is 0 Å². The van der Waals surface area contributed by atoms with Gasteiger partial charge in [0.25, 0.3) is 5.56 Å². The molecule has 8 heteroatoms. The van der Waals surface area contributed by atoms with Crippen molar-refractivity contribution < 1.29 is 0 Å². The molecular formula is C87H77N7O. The fraction of sp³-hybridized carbons (Fsp3) is 0.184. The first-order valence-corrected chi connectivity index (χ1v) is 33.1. The Morgan fingerprint density at radius 2 is 0.568 bits per heavy atom. The van der Waals surface area contributed by atoms with E-state index in [-0.39, 0.29) is 27.2 Å². The molecule has 8 nitrogen and oxygen atoms in total. The van der Waals surface area contributed by atoms with Crippen LogP contribution >= 0.6 is 0 Å². The van der Waals surface area contributed by atoms with Crippen LogP contribution in [0, 0.1) is 0 Å². The predicted molar refractivity (Wildman–Crippen MR) is 397 cm³/mol. The number of hydrogen-bond acceptors (Lipinski definition) is 5. The normalized spacial score (nSPS) is 12.5. The summed E-state index contributed by atoms with van der Waals surface area (Å²) in [6.45, 7) is 27.5. The Bertz CT molecular complexity index is 5300. The lowest BCUT2D eigenvalue weighted by molar-refractivity contribution is 0.590. The lowest BCUT2D eigenvalue weighted by Crippen LogP contribution is -2.23. The van der Waals surface area contributed by atoms with Crippen LogP contribution in [0.15, 0.2) is 254 Å². The first-order chi connectivity index (χ1) is 45.5. The molecule has 0 bridgehead atoms. The topological polar surface area (TPSA) is 83.4 Å². The molecule has 0 amide bonds. The van der Waals surface area contributed by atoms with Gasteiger partial charge in [-0.2, -0.15) is 0 Å². The summed E-state index contributed by atoms with van der Waals surface area (Å²) in [5, 5.41) is 5.40. The van der Waals surface area contributed by atoms with E-state index in [0.717, 1.165) is 82.6 Å². The first-order valence-electron chi connectivity index (χ1n) is 33.1. The third-order valence-electron chi connectivity index (χ3n) is 18.9. The van der Waals surface area contributed by atoms with E-state index in [1.54, 1.807) is 0 Å². The zero-order valence-electron chi connectivity index (χ0n) is 56.2. The molecule has 95 heavy (non-hydrogen) atoms. The minimum atomic E-state index is -0.275. The van der Waals surface area contributed by atoms with Crippen molar-refractivity contribution in [2.45, 2.75) is 105 Å². The van der Waals surface area contributed by atoms with Gasteiger partial charge >= 0.3 is 0 Å². The van der Waals surface area contributed by atoms with Crippen molar-refractivity contribution in [2.75, 3.05) is 0 Å². The maximum atomic E-state index is 17.4. The molecule has 0 spiro atoms. The molecule has 0 unspecified atom stereocenters. The Morgan fingerprint density at radius 3 is 0.916 bits per heavy atom. The Kier molecular flexibility index (Phi) is 14.5. The van der Waals surface area contributed by atoms with Crippen molar-refractivity contribution in [1.82, 2.24) is 33.6 Å². The van der Waals surface area contributed by atoms with Gasteiger partial charge in [-0.1, -0.05) is 247 Å². The highest BCUT2D eigenvalue weighted by Gasteiger charge is 2.31. The Labute approximate surface area is 556 Å². The summed E-state index contributed by atoms with van der Waals surface area (Å²) >= 11 is 0. The molecule has 0 fully saturated rings. The summed E-state index contributed by atoms with van der Waals surface area (Å²) in [4.78, 5) is 39.3. The molecule has 0 N–H and O–H groups in total. The lowest BCUT2D eigenvalue weighted by atomic mass is 9.85. The monoisotopic (exact) mass is 1240 g/mol. The summed E-state index contributed by atoms with van der Waals surface area (Å²) in [5.41, 5.74) is 18.4. The van der Waals surface area contributed by atoms with E-state index in [4.69, 9.17) is 19.9 Å². The molecule has 10 aromatic carbocycles. The smallest absolute Gasteiger partial charge is 0.265 e. The average molecular weight is 1240 g/mol. The van der Waals surface area contributed by atoms with E-state index in [1.165, 1.54) is 22.3 Å². The third kappa shape index (κ3) is 10.8. The average Bonchev–Trinajstić information content (AvgIpc) is 1.67. The fourth-order valence-electron chi connectivity index (χ4n) is 13.6. The molecule has 0 aliphatic carbocycles. The van der Waals surface area contributed by atoms with Gasteiger partial charge < -0.3 is 9.13 Å². The molecule has 0 saturated heterocycles. The van der Waals surface area contributed by atoms with Crippen LogP contribution in [0.2, 0.25) is 0 Å². The summed E-state index contributed by atoms with van der Waals surface area (Å²) in [7, 11) is 0. The van der Waals surface area contributed by atoms with Crippen LogP contribution in [0.5, 0.6) is 0 Å². The maximum Gasteiger partial charge on any atom is 0.265 e. The van der Waals surface area contributed by atoms with Crippen molar-refractivity contribution in [1.29, 1.82) is 0 Å². The third-order valence-corrected chi connectivity index (χ3v) is 18.9. The van der Waals surface area contributed by atoms with E-state index < -0.39 is 0 Å². The summed E-state index contributed by atoms with van der Waals surface area (Å²) in [6.07, 6.45) is 0. The Balaban J connectivity index is 1.20. The largest absolute Gasteiger partial charge is 0.307 e. The first kappa shape index (κ1) is 60.4. The van der Waals surface area contributed by atoms with Gasteiger partial charge in [-0.25, -0.2) is 19.9 Å². The summed E-state index contributed by atoms with van der Waals surface area (Å²) < 4.78 is 6.86. The van der Waals surface area contributed by atoms with E-state index in [0.29, 0.717) is 56.8 Å². The van der Waals surface area contributed by atoms with Crippen molar-refractivity contribution in [3.8, 4) is 84.9 Å². The van der Waals surface area contributed by atoms with Crippen LogP contribution in [0.4, 0.5) is 0 Å². The molecule has 5 aromatic heterocycles. The van der Waals surface area contributed by atoms with Crippen LogP contribution in [0.25, 0.3) is 139 Å². The highest BCUT2D eigenvalue weighted by Crippen LogP contribution is 2.47. The Morgan fingerprint density at radius 1 is 0.263 bits per heavy atom. The van der Waals surface area contributed by atoms with Crippen LogP contribution in [0.3, 0.4) is 0 Å². The highest BCUT2D eigenvalue weighted by molar-refractivity contribution is 6.14. The number of fused-ring (bicyclic) bond motifs is 7. The number of para-hydroxylation sites is 1. The molecule has 0 saturated carbocycles. The second-order valence-electron chi connectivity index (χ2n) is 29.6. The van der Waals surface area contributed by atoms with Crippen molar-refractivity contribution in [2.24, 2.45) is 0 Å². The fourth-order valence-corrected chi connectivity index (χ4v) is 13.6. The maximum absolute atomic E-state index is 17.4. The van der Waals surface area contributed by atoms with Gasteiger partial charge in [-0.05, 0) is 129 Å². The van der Waals surface area contributed by atoms with E-state index in [9.17, 15) is 0 Å². The molecular weight excluding hydrogens is 1160 g/mol. The minimum Gasteiger partial charge on any atom is -0.307 e. The van der Waals surface area contributed by atoms with Gasteiger partial charge in [0.2, 0.25) is 0 Å². The molecule has 0 aliphatic rings. The van der Waals surface area contributed by atoms with Gasteiger partial charge in [-0.15, -0.1) is 0 Å². The van der Waals surface area contributed by atoms with Gasteiger partial charge in [-0.3, -0.25) is 9.36 Å². The lowest BCUT2D eigenvalue weighted by Gasteiger charge is -2.24. The zero-order valence-corrected chi connectivity index (χ0v) is 56.2. The van der Waals surface area contributed by atoms with Gasteiger partial charge in [0.15, 0.2) is 11.6 Å². The molecule has 466 valence electrons. The highest BCUT2D eigenvalue weighted by atomic mass is 16.1. The predicted octanol–water partition coefficient (Wildman–Crippen LogP) is 22.0. The molecule has 15 aromatic rings. The number of nitrogens with zero attached hydrogens (tertiary/aromatic N) is 7. The number of pyridine rings is 1. The molecule has 0 aliphatic heterocycles. The van der Waals surface area contributed by atoms with Gasteiger partial charge in [0, 0.05) is 60.4 Å². The molecule has 5 heterocycles. The van der Waals surface area contributed by atoms with E-state index in [1.807, 2.05) is 138 Å². The molecule has 0 radical (unpaired) electrons. The molecule has 15 rings (SSSR count). The van der Waals surface area contributed by atoms with Crippen LogP contribution in [0.1, 0.15) is 105 Å². The SMILES string of the molecule is CC(C)(C)c1ccc2c(c1)c1cc(C(C)(C)C)ccc1n2-c1cc2c(-c3cc(-c4ccccc4)nc(-c4ccccc4)n3)c(-c3cc(-c4ccccc4)nc(-c4ccccc4)n3)c(=O)n(-c3ccccc3)c2cc1-n1c2ccc(C(C)(C)C)cc2c2cc(C(C)(C)C)ccc21. The van der Waals surface area contributed by atoms with Gasteiger partial charge in [0.05, 0.1) is 67.3 Å². The summed E-state index contributed by atoms with van der Waals surface area (Å²) in [5.74, 6) is 1.00. The van der Waals surface area contributed by atoms with Crippen LogP contribution < -0.4 is 5.56 Å². The second kappa shape index (κ2) is 22.7. The number of aromatic nitrogens is 7. The quantitative estimate of drug-likeness (QED) is 0.144. The number of benzene rings is 10. The van der Waals surface area contributed by atoms with Crippen LogP contribution in [-0.2, 0) is 21.7 Å². The second-order valence-corrected chi connectivity index (χ2v) is 29.6. The van der Waals surface area contributed by atoms with E-state index in [2.05, 4.69) is 207 Å². The van der Waals surface area contributed by atoms with Crippen molar-refractivity contribution in [3.05, 3.63) is 281 Å². The summed E-state index contributed by atoms with van der Waals surface area (Å²) in [6, 6.07) is 87.5. The van der Waals surface area contributed by atoms with Crippen molar-refractivity contribution in [3.63, 3.8) is 0 Å². The van der Waals surface area contributed by atoms with Crippen molar-refractivity contribution >= 4 is 54.5 Å². The van der Waals surface area contributed by atoms with Crippen LogP contribution in [-0.4, -0.2) is 33.6 Å². The number of rotatable bonds is 9. The zero-order chi connectivity index (χ0) is 65.9.